The van der Waals surface area contributed by atoms with Gasteiger partial charge >= 0.3 is 0 Å². The highest BCUT2D eigenvalue weighted by atomic mass is 35.5. The van der Waals surface area contributed by atoms with Crippen molar-refractivity contribution in [1.82, 2.24) is 0 Å². The number of aldehydes is 1. The van der Waals surface area contributed by atoms with Gasteiger partial charge in [0.1, 0.15) is 0 Å². The molecule has 0 aliphatic heterocycles. The van der Waals surface area contributed by atoms with Crippen LogP contribution in [-0.2, 0) is 0 Å². The predicted octanol–water partition coefficient (Wildman–Crippen LogP) is 2.36. The molecule has 0 saturated heterocycles. The SMILES string of the molecule is CC(O)CCN(C)c1c(Cl)cccc1C=O. The molecule has 1 atom stereocenters. The lowest BCUT2D eigenvalue weighted by Crippen LogP contribution is -2.23. The highest BCUT2D eigenvalue weighted by molar-refractivity contribution is 6.33. The molecule has 0 saturated carbocycles. The number of hydrogen-bond donors (Lipinski definition) is 1. The Morgan fingerprint density at radius 3 is 2.81 bits per heavy atom. The Morgan fingerprint density at radius 1 is 1.56 bits per heavy atom. The van der Waals surface area contributed by atoms with Crippen LogP contribution in [0, 0.1) is 0 Å². The maximum atomic E-state index is 10.9. The number of halogens is 1. The van der Waals surface area contributed by atoms with E-state index < -0.39 is 0 Å². The summed E-state index contributed by atoms with van der Waals surface area (Å²) in [5.74, 6) is 0. The third kappa shape index (κ3) is 3.22. The summed E-state index contributed by atoms with van der Waals surface area (Å²) < 4.78 is 0. The molecule has 1 aromatic rings. The van der Waals surface area contributed by atoms with E-state index in [2.05, 4.69) is 0 Å². The highest BCUT2D eigenvalue weighted by Crippen LogP contribution is 2.28. The van der Waals surface area contributed by atoms with Gasteiger partial charge in [0.2, 0.25) is 0 Å². The van der Waals surface area contributed by atoms with Crippen LogP contribution in [0.25, 0.3) is 0 Å². The smallest absolute Gasteiger partial charge is 0.152 e. The van der Waals surface area contributed by atoms with Crippen LogP contribution < -0.4 is 4.90 Å². The molecule has 0 radical (unpaired) electrons. The fourth-order valence-corrected chi connectivity index (χ4v) is 1.85. The normalized spacial score (nSPS) is 12.2. The molecule has 3 nitrogen and oxygen atoms in total. The minimum Gasteiger partial charge on any atom is -0.393 e. The van der Waals surface area contributed by atoms with E-state index in [0.717, 1.165) is 12.0 Å². The number of carbonyl (C=O) groups is 1. The molecule has 1 unspecified atom stereocenters. The Labute approximate surface area is 101 Å². The highest BCUT2D eigenvalue weighted by Gasteiger charge is 2.11. The standard InChI is InChI=1S/C12H16ClNO2/c1-9(16)6-7-14(2)12-10(8-15)4-3-5-11(12)13/h3-5,8-9,16H,6-7H2,1-2H3. The number of anilines is 1. The first-order valence-corrected chi connectivity index (χ1v) is 5.57. The van der Waals surface area contributed by atoms with E-state index in [9.17, 15) is 9.90 Å². The molecule has 1 aromatic carbocycles. The topological polar surface area (TPSA) is 40.5 Å². The van der Waals surface area contributed by atoms with Gasteiger partial charge in [0.25, 0.3) is 0 Å². The molecular formula is C12H16ClNO2. The Balaban J connectivity index is 2.88. The van der Waals surface area contributed by atoms with Crippen LogP contribution in [0.15, 0.2) is 18.2 Å². The molecule has 0 aliphatic carbocycles. The van der Waals surface area contributed by atoms with Crippen molar-refractivity contribution in [2.24, 2.45) is 0 Å². The summed E-state index contributed by atoms with van der Waals surface area (Å²) in [7, 11) is 1.86. The molecule has 0 amide bonds. The van der Waals surface area contributed by atoms with E-state index in [1.165, 1.54) is 0 Å². The van der Waals surface area contributed by atoms with Gasteiger partial charge in [-0.25, -0.2) is 0 Å². The van der Waals surface area contributed by atoms with Crippen LogP contribution in [0.2, 0.25) is 5.02 Å². The van der Waals surface area contributed by atoms with Gasteiger partial charge in [-0.15, -0.1) is 0 Å². The number of carbonyl (C=O) groups excluding carboxylic acids is 1. The molecule has 1 rings (SSSR count). The zero-order valence-electron chi connectivity index (χ0n) is 9.48. The van der Waals surface area contributed by atoms with E-state index in [-0.39, 0.29) is 6.10 Å². The van der Waals surface area contributed by atoms with Crippen molar-refractivity contribution >= 4 is 23.6 Å². The average molecular weight is 242 g/mol. The van der Waals surface area contributed by atoms with Crippen LogP contribution in [0.3, 0.4) is 0 Å². The summed E-state index contributed by atoms with van der Waals surface area (Å²) in [4.78, 5) is 12.8. The van der Waals surface area contributed by atoms with Gasteiger partial charge in [-0.2, -0.15) is 0 Å². The van der Waals surface area contributed by atoms with Crippen molar-refractivity contribution in [1.29, 1.82) is 0 Å². The summed E-state index contributed by atoms with van der Waals surface area (Å²) in [6.45, 7) is 2.39. The van der Waals surface area contributed by atoms with Crippen molar-refractivity contribution in [3.05, 3.63) is 28.8 Å². The average Bonchev–Trinajstić information content (AvgIpc) is 2.25. The minimum atomic E-state index is -0.357. The van der Waals surface area contributed by atoms with Crippen molar-refractivity contribution in [2.75, 3.05) is 18.5 Å². The summed E-state index contributed by atoms with van der Waals surface area (Å²) in [6.07, 6.45) is 1.07. The number of para-hydroxylation sites is 1. The molecule has 16 heavy (non-hydrogen) atoms. The van der Waals surface area contributed by atoms with Gasteiger partial charge in [-0.3, -0.25) is 4.79 Å². The quantitative estimate of drug-likeness (QED) is 0.805. The Morgan fingerprint density at radius 2 is 2.25 bits per heavy atom. The number of aliphatic hydroxyl groups is 1. The summed E-state index contributed by atoms with van der Waals surface area (Å²) in [5, 5.41) is 9.77. The van der Waals surface area contributed by atoms with Crippen molar-refractivity contribution in [3.8, 4) is 0 Å². The maximum absolute atomic E-state index is 10.9. The lowest BCUT2D eigenvalue weighted by molar-refractivity contribution is 0.112. The van der Waals surface area contributed by atoms with E-state index in [0.29, 0.717) is 23.6 Å². The monoisotopic (exact) mass is 241 g/mol. The Hall–Kier alpha value is -1.06. The lowest BCUT2D eigenvalue weighted by Gasteiger charge is -2.22. The first-order chi connectivity index (χ1) is 7.56. The zero-order chi connectivity index (χ0) is 12.1. The van der Waals surface area contributed by atoms with Crippen molar-refractivity contribution in [2.45, 2.75) is 19.4 Å². The Bertz CT molecular complexity index is 366. The van der Waals surface area contributed by atoms with Crippen LogP contribution in [0.1, 0.15) is 23.7 Å². The van der Waals surface area contributed by atoms with E-state index in [1.54, 1.807) is 25.1 Å². The molecule has 0 heterocycles. The van der Waals surface area contributed by atoms with Crippen molar-refractivity contribution < 1.29 is 9.90 Å². The van der Waals surface area contributed by atoms with Gasteiger partial charge in [0, 0.05) is 19.2 Å². The fourth-order valence-electron chi connectivity index (χ4n) is 1.52. The van der Waals surface area contributed by atoms with E-state index in [4.69, 9.17) is 11.6 Å². The molecule has 0 aliphatic rings. The number of hydrogen-bond acceptors (Lipinski definition) is 3. The zero-order valence-corrected chi connectivity index (χ0v) is 10.2. The van der Waals surface area contributed by atoms with Gasteiger partial charge in [-0.05, 0) is 25.5 Å². The largest absolute Gasteiger partial charge is 0.393 e. The van der Waals surface area contributed by atoms with Crippen LogP contribution in [0.5, 0.6) is 0 Å². The fraction of sp³-hybridized carbons (Fsp3) is 0.417. The molecule has 1 N–H and O–H groups in total. The lowest BCUT2D eigenvalue weighted by atomic mass is 10.1. The van der Waals surface area contributed by atoms with Gasteiger partial charge in [-0.1, -0.05) is 17.7 Å². The van der Waals surface area contributed by atoms with Crippen LogP contribution in [0.4, 0.5) is 5.69 Å². The van der Waals surface area contributed by atoms with E-state index in [1.807, 2.05) is 11.9 Å². The molecule has 88 valence electrons. The molecule has 0 bridgehead atoms. The number of benzene rings is 1. The van der Waals surface area contributed by atoms with E-state index >= 15 is 0 Å². The van der Waals surface area contributed by atoms with Gasteiger partial charge in [0.15, 0.2) is 6.29 Å². The molecule has 4 heteroatoms. The summed E-state index contributed by atoms with van der Waals surface area (Å²) in [6, 6.07) is 5.23. The number of rotatable bonds is 5. The van der Waals surface area contributed by atoms with Crippen molar-refractivity contribution in [3.63, 3.8) is 0 Å². The second-order valence-corrected chi connectivity index (χ2v) is 4.26. The second kappa shape index (κ2) is 5.87. The molecular weight excluding hydrogens is 226 g/mol. The maximum Gasteiger partial charge on any atom is 0.152 e. The number of nitrogens with zero attached hydrogens (tertiary/aromatic N) is 1. The van der Waals surface area contributed by atoms with Gasteiger partial charge < -0.3 is 10.0 Å². The minimum absolute atomic E-state index is 0.357. The van der Waals surface area contributed by atoms with Gasteiger partial charge in [0.05, 0.1) is 16.8 Å². The summed E-state index contributed by atoms with van der Waals surface area (Å²) >= 11 is 6.06. The van der Waals surface area contributed by atoms with Crippen LogP contribution in [-0.4, -0.2) is 31.1 Å². The summed E-state index contributed by atoms with van der Waals surface area (Å²) in [5.41, 5.74) is 1.29. The number of aliphatic hydroxyl groups excluding tert-OH is 1. The molecule has 0 fully saturated rings. The second-order valence-electron chi connectivity index (χ2n) is 3.85. The molecule has 0 spiro atoms. The molecule has 0 aromatic heterocycles. The van der Waals surface area contributed by atoms with Crippen LogP contribution >= 0.6 is 11.6 Å². The Kier molecular flexibility index (Phi) is 4.77. The third-order valence-electron chi connectivity index (χ3n) is 2.41. The third-order valence-corrected chi connectivity index (χ3v) is 2.71. The first-order valence-electron chi connectivity index (χ1n) is 5.19. The predicted molar refractivity (Wildman–Crippen MR) is 66.4 cm³/mol. The first kappa shape index (κ1) is 13.0.